The van der Waals surface area contributed by atoms with E-state index in [1.807, 2.05) is 44.4 Å². The Morgan fingerprint density at radius 3 is 2.39 bits per heavy atom. The third-order valence-electron chi connectivity index (χ3n) is 9.23. The van der Waals surface area contributed by atoms with Crippen molar-refractivity contribution >= 4 is 31.1 Å². The molecule has 2 saturated carbocycles. The van der Waals surface area contributed by atoms with Crippen LogP contribution >= 0.6 is 0 Å². The number of nitrogens with one attached hydrogen (secondary N) is 2. The van der Waals surface area contributed by atoms with Crippen molar-refractivity contribution in [2.24, 2.45) is 5.92 Å². The molecule has 49 heavy (non-hydrogen) atoms. The van der Waals surface area contributed by atoms with Crippen LogP contribution in [0.3, 0.4) is 0 Å². The van der Waals surface area contributed by atoms with Gasteiger partial charge < -0.3 is 38.9 Å². The zero-order chi connectivity index (χ0) is 34.9. The first kappa shape index (κ1) is 35.0. The van der Waals surface area contributed by atoms with Crippen molar-refractivity contribution in [3.05, 3.63) is 29.7 Å². The molecule has 3 heterocycles. The normalized spacial score (nSPS) is 19.2. The molecule has 2 aliphatic carbocycles. The predicted molar refractivity (Wildman–Crippen MR) is 189 cm³/mol. The molecule has 0 bridgehead atoms. The van der Waals surface area contributed by atoms with Crippen LogP contribution in [0.15, 0.2) is 18.5 Å². The van der Waals surface area contributed by atoms with Crippen LogP contribution in [0.4, 0.5) is 4.79 Å². The first-order valence-corrected chi connectivity index (χ1v) is 21.3. The van der Waals surface area contributed by atoms with E-state index in [-0.39, 0.29) is 31.5 Å². The number of alkyl carbamates (subject to hydrolysis) is 1. The number of nitrogens with zero attached hydrogens (tertiary/aromatic N) is 3. The fraction of sp³-hybridized carbons (Fsp3) is 0.611. The Labute approximate surface area is 289 Å². The van der Waals surface area contributed by atoms with Gasteiger partial charge >= 0.3 is 6.09 Å². The molecule has 2 fully saturated rings. The minimum absolute atomic E-state index is 0.00499. The molecule has 6 rings (SSSR count). The third-order valence-corrected chi connectivity index (χ3v) is 10.9. The minimum Gasteiger partial charge on any atom is -0.492 e. The molecule has 0 unspecified atom stereocenters. The summed E-state index contributed by atoms with van der Waals surface area (Å²) in [6.45, 7) is 16.0. The lowest BCUT2D eigenvalue weighted by molar-refractivity contribution is 0.0487. The van der Waals surface area contributed by atoms with E-state index in [9.17, 15) is 9.59 Å². The molecule has 2 aromatic heterocycles. The number of carbonyl (C=O) groups excluding carboxylic acids is 2. The van der Waals surface area contributed by atoms with Crippen molar-refractivity contribution in [1.29, 1.82) is 0 Å². The molecule has 0 atom stereocenters. The Hall–Kier alpha value is -3.84. The molecule has 1 aromatic carbocycles. The van der Waals surface area contributed by atoms with Gasteiger partial charge in [-0.05, 0) is 90.3 Å². The second-order valence-corrected chi connectivity index (χ2v) is 21.4. The maximum Gasteiger partial charge on any atom is 0.407 e. The summed E-state index contributed by atoms with van der Waals surface area (Å²) in [5, 5.41) is 6.25. The number of fused-ring (bicyclic) bond motifs is 2. The summed E-state index contributed by atoms with van der Waals surface area (Å²) in [5.41, 5.74) is 3.19. The van der Waals surface area contributed by atoms with Gasteiger partial charge in [-0.25, -0.2) is 14.8 Å². The number of amides is 2. The average Bonchev–Trinajstić information content (AvgIpc) is 3.64. The van der Waals surface area contributed by atoms with Gasteiger partial charge in [0.2, 0.25) is 6.79 Å². The monoisotopic (exact) mass is 693 g/mol. The molecule has 3 aromatic rings. The van der Waals surface area contributed by atoms with E-state index >= 15 is 0 Å². The summed E-state index contributed by atoms with van der Waals surface area (Å²) in [4.78, 5) is 36.0. The maximum absolute atomic E-state index is 14.1. The average molecular weight is 694 g/mol. The minimum atomic E-state index is -1.32. The largest absolute Gasteiger partial charge is 0.492 e. The van der Waals surface area contributed by atoms with Crippen LogP contribution in [0.1, 0.15) is 75.3 Å². The standard InChI is InChI=1S/C36H51N5O7Si/c1-22-28(34(42)39-24-10-12-25(13-11-24)40-35(43)48-36(2,3)4)30-32(41(22)20-44-16-17-49(5,6)7)31(38-19-37-30)29-26(45-18-23-8-9-23)14-15-27-33(29)47-21-46-27/h14-15,19,23-25H,8-13,16-18,20-21H2,1-7H3,(H,39,42)(H,40,43). The van der Waals surface area contributed by atoms with Crippen molar-refractivity contribution in [1.82, 2.24) is 25.2 Å². The molecule has 0 saturated heterocycles. The summed E-state index contributed by atoms with van der Waals surface area (Å²) >= 11 is 0. The van der Waals surface area contributed by atoms with Gasteiger partial charge in [0, 0.05) is 32.5 Å². The van der Waals surface area contributed by atoms with E-state index in [2.05, 4.69) is 30.3 Å². The lowest BCUT2D eigenvalue weighted by Crippen LogP contribution is -2.45. The van der Waals surface area contributed by atoms with E-state index in [0.717, 1.165) is 50.3 Å². The van der Waals surface area contributed by atoms with Crippen LogP contribution < -0.4 is 24.8 Å². The highest BCUT2D eigenvalue weighted by Crippen LogP contribution is 2.49. The number of ether oxygens (including phenoxy) is 5. The van der Waals surface area contributed by atoms with Gasteiger partial charge in [-0.3, -0.25) is 4.79 Å². The van der Waals surface area contributed by atoms with Crippen molar-refractivity contribution in [3.8, 4) is 28.5 Å². The Morgan fingerprint density at radius 1 is 1.00 bits per heavy atom. The van der Waals surface area contributed by atoms with E-state index in [4.69, 9.17) is 33.7 Å². The highest BCUT2D eigenvalue weighted by molar-refractivity contribution is 6.76. The molecule has 12 nitrogen and oxygen atoms in total. The van der Waals surface area contributed by atoms with Gasteiger partial charge in [0.05, 0.1) is 23.3 Å². The van der Waals surface area contributed by atoms with Gasteiger partial charge in [-0.1, -0.05) is 19.6 Å². The number of carbonyl (C=O) groups is 2. The zero-order valence-electron chi connectivity index (χ0n) is 29.9. The van der Waals surface area contributed by atoms with Gasteiger partial charge in [0.1, 0.15) is 35.6 Å². The number of benzene rings is 1. The summed E-state index contributed by atoms with van der Waals surface area (Å²) in [6, 6.07) is 4.76. The van der Waals surface area contributed by atoms with Crippen LogP contribution in [-0.4, -0.2) is 72.3 Å². The van der Waals surface area contributed by atoms with Crippen molar-refractivity contribution in [3.63, 3.8) is 0 Å². The highest BCUT2D eigenvalue weighted by Gasteiger charge is 2.33. The first-order chi connectivity index (χ1) is 23.3. The van der Waals surface area contributed by atoms with Crippen molar-refractivity contribution in [2.45, 2.75) is 116 Å². The van der Waals surface area contributed by atoms with E-state index in [1.165, 1.54) is 6.33 Å². The summed E-state index contributed by atoms with van der Waals surface area (Å²) in [5.74, 6) is 2.20. The summed E-state index contributed by atoms with van der Waals surface area (Å²) < 4.78 is 31.8. The molecule has 2 N–H and O–H groups in total. The molecular formula is C36H51N5O7Si. The Morgan fingerprint density at radius 2 is 1.71 bits per heavy atom. The Kier molecular flexibility index (Phi) is 10.1. The summed E-state index contributed by atoms with van der Waals surface area (Å²) in [7, 11) is -1.32. The Bertz CT molecular complexity index is 1680. The van der Waals surface area contributed by atoms with Gasteiger partial charge in [0.15, 0.2) is 11.5 Å². The highest BCUT2D eigenvalue weighted by atomic mass is 28.3. The quantitative estimate of drug-likeness (QED) is 0.155. The molecule has 13 heteroatoms. The van der Waals surface area contributed by atoms with Gasteiger partial charge in [-0.2, -0.15) is 0 Å². The van der Waals surface area contributed by atoms with E-state index in [1.54, 1.807) is 0 Å². The van der Waals surface area contributed by atoms with E-state index < -0.39 is 19.8 Å². The lowest BCUT2D eigenvalue weighted by atomic mass is 9.91. The second-order valence-electron chi connectivity index (χ2n) is 15.8. The maximum atomic E-state index is 14.1. The van der Waals surface area contributed by atoms with Crippen LogP contribution in [0.2, 0.25) is 25.7 Å². The SMILES string of the molecule is Cc1c(C(=O)NC2CCC(NC(=O)OC(C)(C)C)CC2)c2ncnc(-c3c(OCC4CC4)ccc4c3OCO4)c2n1COCC[Si](C)(C)C. The molecule has 3 aliphatic rings. The zero-order valence-corrected chi connectivity index (χ0v) is 30.9. The fourth-order valence-corrected chi connectivity index (χ4v) is 7.10. The smallest absolute Gasteiger partial charge is 0.407 e. The predicted octanol–water partition coefficient (Wildman–Crippen LogP) is 6.80. The molecule has 0 spiro atoms. The molecule has 2 amide bonds. The first-order valence-electron chi connectivity index (χ1n) is 17.5. The molecule has 0 radical (unpaired) electrons. The molecular weight excluding hydrogens is 643 g/mol. The summed E-state index contributed by atoms with van der Waals surface area (Å²) in [6.07, 6.45) is 6.37. The van der Waals surface area contributed by atoms with E-state index in [0.29, 0.717) is 64.2 Å². The van der Waals surface area contributed by atoms with Crippen LogP contribution in [0, 0.1) is 12.8 Å². The number of aromatic nitrogens is 3. The number of hydrogen-bond acceptors (Lipinski definition) is 9. The van der Waals surface area contributed by atoms with Crippen LogP contribution in [-0.2, 0) is 16.2 Å². The number of rotatable bonds is 12. The topological polar surface area (TPSA) is 135 Å². The van der Waals surface area contributed by atoms with Crippen molar-refractivity contribution in [2.75, 3.05) is 20.0 Å². The van der Waals surface area contributed by atoms with Crippen LogP contribution in [0.5, 0.6) is 17.2 Å². The van der Waals surface area contributed by atoms with Gasteiger partial charge in [-0.15, -0.1) is 0 Å². The van der Waals surface area contributed by atoms with Crippen molar-refractivity contribution < 1.29 is 33.3 Å². The third kappa shape index (κ3) is 8.49. The second kappa shape index (κ2) is 14.2. The lowest BCUT2D eigenvalue weighted by Gasteiger charge is -2.30. The fourth-order valence-electron chi connectivity index (χ4n) is 6.35. The Balaban J connectivity index is 1.30. The number of hydrogen-bond donors (Lipinski definition) is 2. The molecule has 266 valence electrons. The molecule has 1 aliphatic heterocycles. The van der Waals surface area contributed by atoms with Crippen LogP contribution in [0.25, 0.3) is 22.3 Å². The van der Waals surface area contributed by atoms with Gasteiger partial charge in [0.25, 0.3) is 5.91 Å².